The van der Waals surface area contributed by atoms with Gasteiger partial charge in [-0.2, -0.15) is 0 Å². The van der Waals surface area contributed by atoms with Crippen molar-refractivity contribution in [1.29, 1.82) is 0 Å². The Morgan fingerprint density at radius 1 is 1.32 bits per heavy atom. The van der Waals surface area contributed by atoms with E-state index in [0.717, 1.165) is 11.3 Å². The van der Waals surface area contributed by atoms with Crippen LogP contribution < -0.4 is 0 Å². The Bertz CT molecular complexity index is 557. The van der Waals surface area contributed by atoms with Gasteiger partial charge in [-0.05, 0) is 44.9 Å². The molecular weight excluding hydrogens is 256 g/mol. The van der Waals surface area contributed by atoms with Crippen LogP contribution in [0.2, 0.25) is 0 Å². The van der Waals surface area contributed by atoms with Gasteiger partial charge < -0.3 is 4.57 Å². The van der Waals surface area contributed by atoms with Crippen molar-refractivity contribution < 1.29 is 0 Å². The van der Waals surface area contributed by atoms with Gasteiger partial charge >= 0.3 is 0 Å². The number of benzene rings is 1. The minimum atomic E-state index is -0.0585. The van der Waals surface area contributed by atoms with Crippen LogP contribution in [0.4, 0.5) is 0 Å². The van der Waals surface area contributed by atoms with Crippen LogP contribution in [0.25, 0.3) is 11.0 Å². The summed E-state index contributed by atoms with van der Waals surface area (Å²) in [6.07, 6.45) is 3.64. The summed E-state index contributed by atoms with van der Waals surface area (Å²) in [5.41, 5.74) is 3.51. The molecule has 0 aliphatic carbocycles. The Hall–Kier alpha value is -1.02. The van der Waals surface area contributed by atoms with Crippen LogP contribution in [0.3, 0.4) is 0 Å². The molecule has 104 valence electrons. The zero-order valence-electron chi connectivity index (χ0n) is 12.3. The third-order valence-corrected chi connectivity index (χ3v) is 3.84. The van der Waals surface area contributed by atoms with Gasteiger partial charge in [0, 0.05) is 6.04 Å². The van der Waals surface area contributed by atoms with E-state index in [1.165, 1.54) is 30.3 Å². The van der Waals surface area contributed by atoms with Crippen molar-refractivity contribution in [2.24, 2.45) is 0 Å². The van der Waals surface area contributed by atoms with Gasteiger partial charge in [-0.3, -0.25) is 0 Å². The van der Waals surface area contributed by atoms with Gasteiger partial charge in [-0.15, -0.1) is 11.6 Å². The average Bonchev–Trinajstić information content (AvgIpc) is 2.74. The summed E-state index contributed by atoms with van der Waals surface area (Å²) in [5, 5.41) is -0.0585. The van der Waals surface area contributed by atoms with Crippen LogP contribution in [-0.4, -0.2) is 9.55 Å². The van der Waals surface area contributed by atoms with Gasteiger partial charge in [-0.25, -0.2) is 4.98 Å². The first-order chi connectivity index (χ1) is 9.04. The van der Waals surface area contributed by atoms with E-state index < -0.39 is 0 Å². The monoisotopic (exact) mass is 278 g/mol. The Morgan fingerprint density at radius 3 is 2.68 bits per heavy atom. The lowest BCUT2D eigenvalue weighted by atomic mass is 10.1. The van der Waals surface area contributed by atoms with E-state index in [9.17, 15) is 0 Å². The minimum absolute atomic E-state index is 0.0585. The van der Waals surface area contributed by atoms with Gasteiger partial charge in [0.05, 0.1) is 16.4 Å². The quantitative estimate of drug-likeness (QED) is 0.670. The van der Waals surface area contributed by atoms with Crippen LogP contribution in [0.5, 0.6) is 0 Å². The van der Waals surface area contributed by atoms with E-state index in [0.29, 0.717) is 6.04 Å². The first kappa shape index (κ1) is 14.4. The molecule has 2 atom stereocenters. The first-order valence-corrected chi connectivity index (χ1v) is 7.60. The average molecular weight is 279 g/mol. The number of alkyl halides is 1. The van der Waals surface area contributed by atoms with E-state index in [1.807, 2.05) is 6.92 Å². The normalized spacial score (nSPS) is 14.8. The lowest BCUT2D eigenvalue weighted by Gasteiger charge is -2.18. The van der Waals surface area contributed by atoms with Gasteiger partial charge in [0.25, 0.3) is 0 Å². The molecule has 2 unspecified atom stereocenters. The fourth-order valence-corrected chi connectivity index (χ4v) is 2.75. The molecule has 2 rings (SSSR count). The van der Waals surface area contributed by atoms with Gasteiger partial charge in [-0.1, -0.05) is 25.8 Å². The van der Waals surface area contributed by atoms with Crippen LogP contribution in [-0.2, 0) is 0 Å². The van der Waals surface area contributed by atoms with E-state index in [-0.39, 0.29) is 5.38 Å². The highest BCUT2D eigenvalue weighted by atomic mass is 35.5. The summed E-state index contributed by atoms with van der Waals surface area (Å²) >= 11 is 6.31. The van der Waals surface area contributed by atoms with Crippen LogP contribution in [0.1, 0.15) is 62.8 Å². The number of aromatic nitrogens is 2. The van der Waals surface area contributed by atoms with E-state index in [2.05, 4.69) is 43.5 Å². The van der Waals surface area contributed by atoms with E-state index in [4.69, 9.17) is 16.6 Å². The standard InChI is InChI=1S/C16H23ClN2/c1-5-6-7-12(3)19-15-9-8-11(2)10-14(15)18-16(19)13(4)17/h8-10,12-13H,5-7H2,1-4H3. The van der Waals surface area contributed by atoms with Crippen molar-refractivity contribution in [3.8, 4) is 0 Å². The number of aryl methyl sites for hydroxylation is 1. The lowest BCUT2D eigenvalue weighted by Crippen LogP contribution is -2.10. The second-order valence-corrected chi connectivity index (χ2v) is 6.09. The number of unbranched alkanes of at least 4 members (excludes halogenated alkanes) is 1. The minimum Gasteiger partial charge on any atom is -0.324 e. The van der Waals surface area contributed by atoms with Crippen molar-refractivity contribution in [3.63, 3.8) is 0 Å². The second kappa shape index (κ2) is 5.96. The van der Waals surface area contributed by atoms with Crippen LogP contribution in [0, 0.1) is 6.92 Å². The van der Waals surface area contributed by atoms with Crippen LogP contribution in [0.15, 0.2) is 18.2 Å². The summed E-state index contributed by atoms with van der Waals surface area (Å²) in [6, 6.07) is 6.91. The molecule has 1 aromatic heterocycles. The fraction of sp³-hybridized carbons (Fsp3) is 0.562. The maximum Gasteiger partial charge on any atom is 0.127 e. The summed E-state index contributed by atoms with van der Waals surface area (Å²) in [6.45, 7) is 8.59. The van der Waals surface area contributed by atoms with E-state index in [1.54, 1.807) is 0 Å². The molecule has 1 aromatic carbocycles. The second-order valence-electron chi connectivity index (χ2n) is 5.44. The van der Waals surface area contributed by atoms with E-state index >= 15 is 0 Å². The number of hydrogen-bond donors (Lipinski definition) is 0. The van der Waals surface area contributed by atoms with Crippen molar-refractivity contribution >= 4 is 22.6 Å². The maximum atomic E-state index is 6.31. The zero-order chi connectivity index (χ0) is 14.0. The molecule has 2 aromatic rings. The highest BCUT2D eigenvalue weighted by Gasteiger charge is 2.18. The molecule has 2 nitrogen and oxygen atoms in total. The molecule has 19 heavy (non-hydrogen) atoms. The largest absolute Gasteiger partial charge is 0.324 e. The molecule has 0 radical (unpaired) electrons. The Balaban J connectivity index is 2.51. The first-order valence-electron chi connectivity index (χ1n) is 7.17. The summed E-state index contributed by atoms with van der Waals surface area (Å²) < 4.78 is 2.32. The van der Waals surface area contributed by atoms with Crippen molar-refractivity contribution in [2.75, 3.05) is 0 Å². The molecule has 0 aliphatic rings. The van der Waals surface area contributed by atoms with Crippen LogP contribution >= 0.6 is 11.6 Å². The predicted molar refractivity (Wildman–Crippen MR) is 83.0 cm³/mol. The van der Waals surface area contributed by atoms with Gasteiger partial charge in [0.1, 0.15) is 5.82 Å². The molecule has 0 N–H and O–H groups in total. The number of halogens is 1. The molecular formula is C16H23ClN2. The summed E-state index contributed by atoms with van der Waals surface area (Å²) in [7, 11) is 0. The molecule has 0 aliphatic heterocycles. The SMILES string of the molecule is CCCCC(C)n1c(C(C)Cl)nc2cc(C)ccc21. The lowest BCUT2D eigenvalue weighted by molar-refractivity contribution is 0.480. The van der Waals surface area contributed by atoms with Gasteiger partial charge in [0.15, 0.2) is 0 Å². The number of hydrogen-bond acceptors (Lipinski definition) is 1. The number of rotatable bonds is 5. The van der Waals surface area contributed by atoms with Crippen molar-refractivity contribution in [2.45, 2.75) is 58.4 Å². The molecule has 1 heterocycles. The van der Waals surface area contributed by atoms with Crippen molar-refractivity contribution in [3.05, 3.63) is 29.6 Å². The smallest absolute Gasteiger partial charge is 0.127 e. The highest BCUT2D eigenvalue weighted by Crippen LogP contribution is 2.30. The molecule has 3 heteroatoms. The number of fused-ring (bicyclic) bond motifs is 1. The maximum absolute atomic E-state index is 6.31. The molecule has 0 saturated carbocycles. The fourth-order valence-electron chi connectivity index (χ4n) is 2.60. The molecule has 0 saturated heterocycles. The Labute approximate surface area is 120 Å². The topological polar surface area (TPSA) is 17.8 Å². The van der Waals surface area contributed by atoms with Crippen molar-refractivity contribution in [1.82, 2.24) is 9.55 Å². The Kier molecular flexibility index (Phi) is 4.51. The van der Waals surface area contributed by atoms with Gasteiger partial charge in [0.2, 0.25) is 0 Å². The predicted octanol–water partition coefficient (Wildman–Crippen LogP) is 5.40. The summed E-state index contributed by atoms with van der Waals surface area (Å²) in [5.74, 6) is 0.992. The molecule has 0 spiro atoms. The molecule has 0 amide bonds. The third kappa shape index (κ3) is 2.94. The zero-order valence-corrected chi connectivity index (χ0v) is 13.0. The number of imidazole rings is 1. The molecule has 0 bridgehead atoms. The third-order valence-electron chi connectivity index (χ3n) is 3.64. The number of nitrogens with zero attached hydrogens (tertiary/aromatic N) is 2. The highest BCUT2D eigenvalue weighted by molar-refractivity contribution is 6.20. The Morgan fingerprint density at radius 2 is 2.05 bits per heavy atom. The molecule has 0 fully saturated rings. The summed E-state index contributed by atoms with van der Waals surface area (Å²) in [4.78, 5) is 4.73.